The summed E-state index contributed by atoms with van der Waals surface area (Å²) < 4.78 is 13.4. The van der Waals surface area contributed by atoms with Gasteiger partial charge in [-0.05, 0) is 18.2 Å². The third-order valence-electron chi connectivity index (χ3n) is 5.74. The number of rotatable bonds is 3. The first kappa shape index (κ1) is 18.0. The maximum absolute atomic E-state index is 13.0. The lowest BCUT2D eigenvalue weighted by molar-refractivity contribution is -0.921. The smallest absolute Gasteiger partial charge is 0.231 e. The molecule has 0 saturated carbocycles. The second-order valence-corrected chi connectivity index (χ2v) is 7.61. The quantitative estimate of drug-likeness (QED) is 0.685. The molecule has 6 nitrogen and oxygen atoms in total. The zero-order valence-electron chi connectivity index (χ0n) is 16.2. The molecule has 0 amide bonds. The molecule has 1 aromatic heterocycles. The first-order valence-electron chi connectivity index (χ1n) is 9.84. The Balaban J connectivity index is 1.52. The number of aryl methyl sites for hydroxylation is 1. The number of benzene rings is 2. The van der Waals surface area contributed by atoms with Crippen LogP contribution < -0.4 is 14.7 Å². The van der Waals surface area contributed by atoms with Gasteiger partial charge in [-0.25, -0.2) is 0 Å². The average Bonchev–Trinajstić information content (AvgIpc) is 3.23. The minimum Gasteiger partial charge on any atom is -0.872 e. The topological polar surface area (TPSA) is 68.0 Å². The number of fused-ring (bicyclic) bond motifs is 2. The molecule has 29 heavy (non-hydrogen) atoms. The summed E-state index contributed by atoms with van der Waals surface area (Å²) in [6, 6.07) is 11.1. The van der Waals surface area contributed by atoms with Crippen molar-refractivity contribution in [3.63, 3.8) is 0 Å². The summed E-state index contributed by atoms with van der Waals surface area (Å²) in [5.41, 5.74) is 3.05. The second-order valence-electron chi connectivity index (χ2n) is 7.61. The molecular weight excluding hydrogens is 368 g/mol. The minimum atomic E-state index is -0.175. The molecule has 1 saturated heterocycles. The van der Waals surface area contributed by atoms with Gasteiger partial charge in [0.05, 0.1) is 18.8 Å². The van der Waals surface area contributed by atoms with Gasteiger partial charge in [0.1, 0.15) is 25.4 Å². The van der Waals surface area contributed by atoms with Gasteiger partial charge >= 0.3 is 0 Å². The van der Waals surface area contributed by atoms with Crippen LogP contribution in [-0.2, 0) is 18.3 Å². The van der Waals surface area contributed by atoms with E-state index in [2.05, 4.69) is 0 Å². The molecule has 5 rings (SSSR count). The lowest BCUT2D eigenvalue weighted by Crippen LogP contribution is -3.12. The number of nitrogens with zero attached hydrogens (tertiary/aromatic N) is 1. The number of carbonyl (C=O) groups is 1. The minimum absolute atomic E-state index is 0.0815. The Morgan fingerprint density at radius 1 is 1.17 bits per heavy atom. The Hall–Kier alpha value is -3.09. The third-order valence-corrected chi connectivity index (χ3v) is 5.74. The van der Waals surface area contributed by atoms with E-state index < -0.39 is 0 Å². The van der Waals surface area contributed by atoms with Crippen LogP contribution in [-0.4, -0.2) is 36.7 Å². The van der Waals surface area contributed by atoms with E-state index in [9.17, 15) is 9.90 Å². The number of morpholine rings is 1. The monoisotopic (exact) mass is 390 g/mol. The number of carbonyl (C=O) groups excluding carboxylic acids is 1. The average molecular weight is 390 g/mol. The number of nitrogens with one attached hydrogen (secondary N) is 1. The van der Waals surface area contributed by atoms with E-state index in [1.807, 2.05) is 42.1 Å². The SMILES string of the molecule is Cn1cc(C=C2Oc3c(ccc([O-])c3C[NH+]3CCOCC3)C2=O)c2ccccc21. The van der Waals surface area contributed by atoms with E-state index >= 15 is 0 Å². The van der Waals surface area contributed by atoms with E-state index in [0.717, 1.165) is 29.6 Å². The van der Waals surface area contributed by atoms with Gasteiger partial charge in [-0.1, -0.05) is 30.0 Å². The number of ether oxygens (including phenoxy) is 2. The van der Waals surface area contributed by atoms with Crippen molar-refractivity contribution in [1.29, 1.82) is 0 Å². The highest BCUT2D eigenvalue weighted by Crippen LogP contribution is 2.38. The fraction of sp³-hybridized carbons (Fsp3) is 0.261. The van der Waals surface area contributed by atoms with Crippen LogP contribution in [0.3, 0.4) is 0 Å². The Labute approximate surface area is 168 Å². The summed E-state index contributed by atoms with van der Waals surface area (Å²) in [5, 5.41) is 13.6. The maximum Gasteiger partial charge on any atom is 0.231 e. The molecular formula is C23H22N2O4. The lowest BCUT2D eigenvalue weighted by atomic mass is 10.0. The fourth-order valence-corrected chi connectivity index (χ4v) is 4.17. The van der Waals surface area contributed by atoms with E-state index in [-0.39, 0.29) is 17.3 Å². The summed E-state index contributed by atoms with van der Waals surface area (Å²) in [5.74, 6) is 0.432. The fourth-order valence-electron chi connectivity index (χ4n) is 4.17. The van der Waals surface area contributed by atoms with Crippen molar-refractivity contribution in [1.82, 2.24) is 4.57 Å². The van der Waals surface area contributed by atoms with Crippen molar-refractivity contribution < 1.29 is 24.3 Å². The third kappa shape index (κ3) is 3.10. The number of para-hydroxylation sites is 1. The second kappa shape index (κ2) is 7.06. The molecule has 0 aliphatic carbocycles. The molecule has 3 aromatic rings. The Morgan fingerprint density at radius 2 is 1.97 bits per heavy atom. The number of Topliss-reactive ketones (excluding diaryl/α,β-unsaturated/α-hetero) is 1. The van der Waals surface area contributed by atoms with Gasteiger partial charge in [0.2, 0.25) is 5.78 Å². The molecule has 0 unspecified atom stereocenters. The lowest BCUT2D eigenvalue weighted by Gasteiger charge is -2.26. The Bertz CT molecular complexity index is 1140. The first-order chi connectivity index (χ1) is 14.1. The highest BCUT2D eigenvalue weighted by Gasteiger charge is 2.31. The highest BCUT2D eigenvalue weighted by atomic mass is 16.5. The van der Waals surface area contributed by atoms with Gasteiger partial charge in [0.25, 0.3) is 0 Å². The molecule has 0 atom stereocenters. The van der Waals surface area contributed by atoms with Crippen LogP contribution in [0, 0.1) is 0 Å². The van der Waals surface area contributed by atoms with Crippen molar-refractivity contribution in [2.45, 2.75) is 6.54 Å². The Morgan fingerprint density at radius 3 is 2.79 bits per heavy atom. The van der Waals surface area contributed by atoms with Crippen LogP contribution in [0.25, 0.3) is 17.0 Å². The van der Waals surface area contributed by atoms with Crippen LogP contribution in [0.1, 0.15) is 21.5 Å². The molecule has 0 spiro atoms. The van der Waals surface area contributed by atoms with Crippen molar-refractivity contribution >= 4 is 22.8 Å². The predicted molar refractivity (Wildman–Crippen MR) is 107 cm³/mol. The van der Waals surface area contributed by atoms with Crippen LogP contribution in [0.15, 0.2) is 48.4 Å². The molecule has 0 radical (unpaired) electrons. The van der Waals surface area contributed by atoms with Gasteiger partial charge in [-0.2, -0.15) is 0 Å². The van der Waals surface area contributed by atoms with Gasteiger partial charge in [-0.15, -0.1) is 0 Å². The van der Waals surface area contributed by atoms with Crippen molar-refractivity contribution in [3.05, 3.63) is 65.0 Å². The number of quaternary nitrogens is 1. The normalized spacial score (nSPS) is 18.4. The van der Waals surface area contributed by atoms with Crippen molar-refractivity contribution in [3.8, 4) is 11.5 Å². The number of hydrogen-bond acceptors (Lipinski definition) is 4. The molecule has 2 aliphatic heterocycles. The highest BCUT2D eigenvalue weighted by molar-refractivity contribution is 6.15. The summed E-state index contributed by atoms with van der Waals surface area (Å²) in [7, 11) is 1.98. The van der Waals surface area contributed by atoms with E-state index in [0.29, 0.717) is 36.6 Å². The first-order valence-corrected chi connectivity index (χ1v) is 9.84. The van der Waals surface area contributed by atoms with Gasteiger partial charge in [0.15, 0.2) is 5.76 Å². The molecule has 2 aromatic carbocycles. The zero-order valence-corrected chi connectivity index (χ0v) is 16.2. The van der Waals surface area contributed by atoms with Crippen molar-refractivity contribution in [2.75, 3.05) is 26.3 Å². The van der Waals surface area contributed by atoms with Crippen LogP contribution in [0.4, 0.5) is 0 Å². The van der Waals surface area contributed by atoms with Gasteiger partial charge in [-0.3, -0.25) is 4.79 Å². The number of hydrogen-bond donors (Lipinski definition) is 1. The van der Waals surface area contributed by atoms with E-state index in [4.69, 9.17) is 9.47 Å². The number of aromatic nitrogens is 1. The maximum atomic E-state index is 13.0. The van der Waals surface area contributed by atoms with Crippen LogP contribution in [0.5, 0.6) is 11.5 Å². The summed E-state index contributed by atoms with van der Waals surface area (Å²) in [6.45, 7) is 3.60. The summed E-state index contributed by atoms with van der Waals surface area (Å²) in [4.78, 5) is 14.2. The molecule has 0 bridgehead atoms. The van der Waals surface area contributed by atoms with Crippen LogP contribution in [0.2, 0.25) is 0 Å². The van der Waals surface area contributed by atoms with Gasteiger partial charge < -0.3 is 24.0 Å². The summed E-state index contributed by atoms with van der Waals surface area (Å²) >= 11 is 0. The Kier molecular flexibility index (Phi) is 4.38. The number of ketones is 1. The number of allylic oxidation sites excluding steroid dienone is 1. The summed E-state index contributed by atoms with van der Waals surface area (Å²) in [6.07, 6.45) is 3.76. The molecule has 148 valence electrons. The molecule has 1 fully saturated rings. The zero-order chi connectivity index (χ0) is 20.0. The van der Waals surface area contributed by atoms with Crippen LogP contribution >= 0.6 is 0 Å². The molecule has 2 aliphatic rings. The van der Waals surface area contributed by atoms with E-state index in [1.54, 1.807) is 12.1 Å². The molecule has 6 heteroatoms. The van der Waals surface area contributed by atoms with Crippen molar-refractivity contribution in [2.24, 2.45) is 7.05 Å². The standard InChI is InChI=1S/C23H22N2O4/c1-24-13-15(16-4-2-3-5-19(16)24)12-21-22(27)17-6-7-20(26)18(23(17)29-21)14-25-8-10-28-11-9-25/h2-7,12-13,26H,8-11,14H2,1H3. The molecule has 3 heterocycles. The largest absolute Gasteiger partial charge is 0.872 e. The predicted octanol–water partition coefficient (Wildman–Crippen LogP) is 1.28. The van der Waals surface area contributed by atoms with E-state index in [1.165, 1.54) is 11.0 Å². The van der Waals surface area contributed by atoms with Gasteiger partial charge in [0, 0.05) is 35.3 Å². The molecule has 1 N–H and O–H groups in total.